The van der Waals surface area contributed by atoms with E-state index in [1.165, 1.54) is 14.2 Å². The van der Waals surface area contributed by atoms with E-state index in [2.05, 4.69) is 5.32 Å². The molecular weight excluding hydrogens is 304 g/mol. The Balaban J connectivity index is 3.40. The average molecular weight is 324 g/mol. The number of methoxy groups -OCH3 is 2. The zero-order chi connectivity index (χ0) is 16.9. The molecule has 0 bridgehead atoms. The predicted octanol–water partition coefficient (Wildman–Crippen LogP) is 2.55. The Morgan fingerprint density at radius 2 is 1.68 bits per heavy atom. The second-order valence-corrected chi connectivity index (χ2v) is 6.96. The minimum atomic E-state index is -3.62. The lowest BCUT2D eigenvalue weighted by molar-refractivity contribution is 0.394. The van der Waals surface area contributed by atoms with Gasteiger partial charge in [-0.25, -0.2) is 8.42 Å². The van der Waals surface area contributed by atoms with Gasteiger partial charge in [-0.3, -0.25) is 0 Å². The number of sulfone groups is 1. The number of hydrogen-bond donors (Lipinski definition) is 1. The molecule has 0 radical (unpaired) electrons. The maximum Gasteiger partial charge on any atom is 0.187 e. The first-order valence-corrected chi connectivity index (χ1v) is 8.46. The maximum atomic E-state index is 11.8. The second-order valence-electron chi connectivity index (χ2n) is 5.01. The number of nitrogens with zero attached hydrogens (tertiary/aromatic N) is 1. The lowest BCUT2D eigenvalue weighted by atomic mass is 10.1. The van der Waals surface area contributed by atoms with Gasteiger partial charge in [-0.1, -0.05) is 13.8 Å². The predicted molar refractivity (Wildman–Crippen MR) is 85.5 cm³/mol. The molecule has 0 atom stereocenters. The van der Waals surface area contributed by atoms with Crippen molar-refractivity contribution in [1.29, 1.82) is 5.26 Å². The van der Waals surface area contributed by atoms with Crippen molar-refractivity contribution < 1.29 is 17.9 Å². The number of ether oxygens (including phenoxy) is 2. The summed E-state index contributed by atoms with van der Waals surface area (Å²) in [7, 11) is -0.572. The lowest BCUT2D eigenvalue weighted by Gasteiger charge is -2.17. The van der Waals surface area contributed by atoms with Crippen LogP contribution in [0.15, 0.2) is 28.8 Å². The van der Waals surface area contributed by atoms with Crippen LogP contribution >= 0.6 is 0 Å². The van der Waals surface area contributed by atoms with E-state index in [0.717, 1.165) is 6.26 Å². The summed E-state index contributed by atoms with van der Waals surface area (Å²) in [4.78, 5) is -0.274. The normalized spacial score (nSPS) is 12.4. The Labute approximate surface area is 131 Å². The van der Waals surface area contributed by atoms with Crippen molar-refractivity contribution in [3.8, 4) is 17.6 Å². The molecule has 0 aliphatic heterocycles. The van der Waals surface area contributed by atoms with E-state index < -0.39 is 9.84 Å². The number of nitriles is 1. The molecule has 1 aromatic rings. The molecule has 0 amide bonds. The van der Waals surface area contributed by atoms with Crippen molar-refractivity contribution in [2.24, 2.45) is 5.92 Å². The summed E-state index contributed by atoms with van der Waals surface area (Å²) in [5, 5.41) is 12.2. The topological polar surface area (TPSA) is 88.4 Å². The number of hydrogen-bond acceptors (Lipinski definition) is 6. The molecule has 22 heavy (non-hydrogen) atoms. The van der Waals surface area contributed by atoms with Gasteiger partial charge in [-0.05, 0) is 5.92 Å². The van der Waals surface area contributed by atoms with Gasteiger partial charge in [0.15, 0.2) is 14.7 Å². The van der Waals surface area contributed by atoms with Gasteiger partial charge < -0.3 is 14.8 Å². The molecule has 1 rings (SSSR count). The minimum Gasteiger partial charge on any atom is -0.497 e. The van der Waals surface area contributed by atoms with Gasteiger partial charge in [-0.15, -0.1) is 0 Å². The Morgan fingerprint density at radius 3 is 2.00 bits per heavy atom. The van der Waals surface area contributed by atoms with Gasteiger partial charge in [0.05, 0.1) is 14.2 Å². The highest BCUT2D eigenvalue weighted by atomic mass is 32.2. The van der Waals surface area contributed by atoms with Crippen LogP contribution in [0.25, 0.3) is 0 Å². The van der Waals surface area contributed by atoms with Crippen molar-refractivity contribution in [3.05, 3.63) is 28.8 Å². The summed E-state index contributed by atoms with van der Waals surface area (Å²) in [6.45, 7) is 3.62. The molecule has 0 heterocycles. The van der Waals surface area contributed by atoms with E-state index in [4.69, 9.17) is 9.47 Å². The standard InChI is InChI=1S/C15H20N2O4S/c1-10(2)15(14(9-16)22(5,18)19)17-11-6-12(20-3)8-13(7-11)21-4/h6-8,10,17H,1-5H3/b15-14-. The smallest absolute Gasteiger partial charge is 0.187 e. The van der Waals surface area contributed by atoms with E-state index in [1.807, 2.05) is 13.8 Å². The quantitative estimate of drug-likeness (QED) is 0.809. The highest BCUT2D eigenvalue weighted by Gasteiger charge is 2.20. The van der Waals surface area contributed by atoms with Gasteiger partial charge >= 0.3 is 0 Å². The minimum absolute atomic E-state index is 0.179. The summed E-state index contributed by atoms with van der Waals surface area (Å²) in [6, 6.07) is 6.86. The largest absolute Gasteiger partial charge is 0.497 e. The van der Waals surface area contributed by atoms with Crippen molar-refractivity contribution in [1.82, 2.24) is 0 Å². The molecule has 0 aromatic heterocycles. The molecule has 0 saturated carbocycles. The fourth-order valence-corrected chi connectivity index (χ4v) is 2.69. The van der Waals surface area contributed by atoms with E-state index >= 15 is 0 Å². The molecule has 120 valence electrons. The van der Waals surface area contributed by atoms with Crippen molar-refractivity contribution >= 4 is 15.5 Å². The Morgan fingerprint density at radius 1 is 1.18 bits per heavy atom. The third kappa shape index (κ3) is 4.40. The molecule has 6 nitrogen and oxygen atoms in total. The average Bonchev–Trinajstić information content (AvgIpc) is 2.44. The van der Waals surface area contributed by atoms with Gasteiger partial charge in [0.1, 0.15) is 17.6 Å². The molecular formula is C15H20N2O4S. The van der Waals surface area contributed by atoms with Crippen LogP contribution in [-0.4, -0.2) is 28.9 Å². The van der Waals surface area contributed by atoms with Gasteiger partial charge in [-0.2, -0.15) is 5.26 Å². The SMILES string of the molecule is COc1cc(N/C(=C(/C#N)S(C)(=O)=O)C(C)C)cc(OC)c1. The zero-order valence-electron chi connectivity index (χ0n) is 13.3. The second kappa shape index (κ2) is 7.18. The van der Waals surface area contributed by atoms with E-state index in [0.29, 0.717) is 22.9 Å². The number of anilines is 1. The molecule has 1 N–H and O–H groups in total. The summed E-state index contributed by atoms with van der Waals surface area (Å²) in [6.07, 6.45) is 1.02. The van der Waals surface area contributed by atoms with Crippen LogP contribution in [-0.2, 0) is 9.84 Å². The monoisotopic (exact) mass is 324 g/mol. The van der Waals surface area contributed by atoms with E-state index in [9.17, 15) is 13.7 Å². The van der Waals surface area contributed by atoms with Gasteiger partial charge in [0.2, 0.25) is 0 Å². The van der Waals surface area contributed by atoms with Crippen LogP contribution in [0.4, 0.5) is 5.69 Å². The van der Waals surface area contributed by atoms with Crippen LogP contribution in [0.5, 0.6) is 11.5 Å². The number of benzene rings is 1. The van der Waals surface area contributed by atoms with E-state index in [1.54, 1.807) is 24.3 Å². The lowest BCUT2D eigenvalue weighted by Crippen LogP contribution is -2.14. The van der Waals surface area contributed by atoms with Crippen LogP contribution in [0.3, 0.4) is 0 Å². The summed E-state index contributed by atoms with van der Waals surface area (Å²) < 4.78 is 33.9. The first-order chi connectivity index (χ1) is 10.2. The zero-order valence-corrected chi connectivity index (χ0v) is 14.1. The molecule has 0 aliphatic carbocycles. The van der Waals surface area contributed by atoms with Crippen LogP contribution in [0.2, 0.25) is 0 Å². The van der Waals surface area contributed by atoms with Crippen LogP contribution in [0, 0.1) is 17.2 Å². The molecule has 7 heteroatoms. The third-order valence-corrected chi connectivity index (χ3v) is 3.98. The molecule has 0 unspecified atom stereocenters. The number of nitrogens with one attached hydrogen (secondary N) is 1. The highest BCUT2D eigenvalue weighted by Crippen LogP contribution is 2.29. The molecule has 0 saturated heterocycles. The third-order valence-electron chi connectivity index (χ3n) is 2.92. The Hall–Kier alpha value is -2.20. The van der Waals surface area contributed by atoms with Gasteiger partial charge in [0.25, 0.3) is 0 Å². The first-order valence-electron chi connectivity index (χ1n) is 6.57. The Bertz CT molecular complexity index is 693. The maximum absolute atomic E-state index is 11.8. The Kier molecular flexibility index (Phi) is 5.83. The first kappa shape index (κ1) is 17.9. The van der Waals surface area contributed by atoms with Crippen molar-refractivity contribution in [2.45, 2.75) is 13.8 Å². The fourth-order valence-electron chi connectivity index (χ4n) is 1.84. The molecule has 0 fully saturated rings. The number of allylic oxidation sites excluding steroid dienone is 2. The fraction of sp³-hybridized carbons (Fsp3) is 0.400. The van der Waals surface area contributed by atoms with Gasteiger partial charge in [0, 0.05) is 35.8 Å². The van der Waals surface area contributed by atoms with Crippen molar-refractivity contribution in [2.75, 3.05) is 25.8 Å². The highest BCUT2D eigenvalue weighted by molar-refractivity contribution is 7.94. The molecule has 0 aliphatic rings. The summed E-state index contributed by atoms with van der Waals surface area (Å²) in [5.41, 5.74) is 0.914. The summed E-state index contributed by atoms with van der Waals surface area (Å²) >= 11 is 0. The molecule has 1 aromatic carbocycles. The molecule has 0 spiro atoms. The van der Waals surface area contributed by atoms with Crippen LogP contribution in [0.1, 0.15) is 13.8 Å². The van der Waals surface area contributed by atoms with Crippen LogP contribution < -0.4 is 14.8 Å². The van der Waals surface area contributed by atoms with Crippen molar-refractivity contribution in [3.63, 3.8) is 0 Å². The number of rotatable bonds is 6. The van der Waals surface area contributed by atoms with E-state index in [-0.39, 0.29) is 10.8 Å². The summed E-state index contributed by atoms with van der Waals surface area (Å²) in [5.74, 6) is 0.937.